The third-order valence-electron chi connectivity index (χ3n) is 2.41. The maximum absolute atomic E-state index is 11.9. The average Bonchev–Trinajstić information content (AvgIpc) is 2.55. The van der Waals surface area contributed by atoms with Crippen LogP contribution in [0.4, 0.5) is 0 Å². The van der Waals surface area contributed by atoms with Crippen molar-refractivity contribution in [1.29, 1.82) is 0 Å². The number of sulfonamides is 1. The topological polar surface area (TPSA) is 91.9 Å². The van der Waals surface area contributed by atoms with Gasteiger partial charge in [0.15, 0.2) is 0 Å². The molecule has 0 aromatic carbocycles. The Kier molecular flexibility index (Phi) is 4.05. The van der Waals surface area contributed by atoms with Crippen molar-refractivity contribution in [3.05, 3.63) is 11.4 Å². The molecule has 0 bridgehead atoms. The molecule has 0 atom stereocenters. The Hall–Kier alpha value is -1.21. The number of H-pyrrole nitrogens is 1. The third-order valence-corrected chi connectivity index (χ3v) is 4.07. The van der Waals surface area contributed by atoms with Gasteiger partial charge in [-0.05, 0) is 13.8 Å². The van der Waals surface area contributed by atoms with E-state index in [9.17, 15) is 13.2 Å². The van der Waals surface area contributed by atoms with E-state index in [-0.39, 0.29) is 23.1 Å². The lowest BCUT2D eigenvalue weighted by Crippen LogP contribution is -2.32. The molecule has 96 valence electrons. The summed E-state index contributed by atoms with van der Waals surface area (Å²) in [5.74, 6) is -0.336. The molecule has 7 heteroatoms. The summed E-state index contributed by atoms with van der Waals surface area (Å²) in [4.78, 5) is 11.5. The zero-order valence-corrected chi connectivity index (χ0v) is 11.2. The number of aromatic amines is 1. The van der Waals surface area contributed by atoms with Gasteiger partial charge in [0.05, 0.1) is 17.9 Å². The summed E-state index contributed by atoms with van der Waals surface area (Å²) in [7, 11) is -3.67. The van der Waals surface area contributed by atoms with E-state index in [2.05, 4.69) is 14.9 Å². The molecule has 0 aliphatic rings. The van der Waals surface area contributed by atoms with E-state index >= 15 is 0 Å². The van der Waals surface area contributed by atoms with Crippen LogP contribution in [0.25, 0.3) is 0 Å². The Labute approximate surface area is 101 Å². The molecule has 6 nitrogen and oxygen atoms in total. The molecule has 0 aliphatic heterocycles. The van der Waals surface area contributed by atoms with Crippen LogP contribution >= 0.6 is 0 Å². The van der Waals surface area contributed by atoms with E-state index in [1.54, 1.807) is 27.7 Å². The van der Waals surface area contributed by atoms with Crippen molar-refractivity contribution < 1.29 is 13.2 Å². The number of aromatic nitrogens is 2. The fourth-order valence-corrected chi connectivity index (χ4v) is 2.74. The van der Waals surface area contributed by atoms with Crippen LogP contribution in [0.1, 0.15) is 25.2 Å². The van der Waals surface area contributed by atoms with Crippen molar-refractivity contribution >= 4 is 15.8 Å². The first kappa shape index (κ1) is 13.9. The van der Waals surface area contributed by atoms with Crippen LogP contribution in [0.5, 0.6) is 0 Å². The lowest BCUT2D eigenvalue weighted by atomic mass is 10.1. The van der Waals surface area contributed by atoms with Gasteiger partial charge in [-0.25, -0.2) is 13.1 Å². The van der Waals surface area contributed by atoms with E-state index < -0.39 is 10.0 Å². The average molecular weight is 259 g/mol. The van der Waals surface area contributed by atoms with Gasteiger partial charge in [-0.2, -0.15) is 5.10 Å². The SMILES string of the molecule is Cc1n[nH]c(C)c1S(=O)(=O)NCC(=O)C(C)C. The second-order valence-corrected chi connectivity index (χ2v) is 5.91. The number of nitrogens with one attached hydrogen (secondary N) is 2. The predicted molar refractivity (Wildman–Crippen MR) is 63.1 cm³/mol. The number of rotatable bonds is 5. The third kappa shape index (κ3) is 3.13. The van der Waals surface area contributed by atoms with Gasteiger partial charge in [0, 0.05) is 5.92 Å². The summed E-state index contributed by atoms with van der Waals surface area (Å²) in [6.45, 7) is 6.49. The number of carbonyl (C=O) groups excluding carboxylic acids is 1. The minimum absolute atomic E-state index is 0.119. The second kappa shape index (κ2) is 4.97. The van der Waals surface area contributed by atoms with Crippen molar-refractivity contribution in [2.75, 3.05) is 6.54 Å². The zero-order chi connectivity index (χ0) is 13.2. The van der Waals surface area contributed by atoms with Gasteiger partial charge in [-0.15, -0.1) is 0 Å². The highest BCUT2D eigenvalue weighted by Crippen LogP contribution is 2.15. The summed E-state index contributed by atoms with van der Waals surface area (Å²) in [5, 5.41) is 6.41. The summed E-state index contributed by atoms with van der Waals surface area (Å²) in [5.41, 5.74) is 0.860. The lowest BCUT2D eigenvalue weighted by molar-refractivity contribution is -0.120. The fourth-order valence-electron chi connectivity index (χ4n) is 1.38. The highest BCUT2D eigenvalue weighted by atomic mass is 32.2. The summed E-state index contributed by atoms with van der Waals surface area (Å²) in [6, 6.07) is 0. The number of hydrogen-bond acceptors (Lipinski definition) is 4. The second-order valence-electron chi connectivity index (χ2n) is 4.21. The molecular formula is C10H17N3O3S. The largest absolute Gasteiger partial charge is 0.298 e. The van der Waals surface area contributed by atoms with E-state index in [0.29, 0.717) is 11.4 Å². The maximum Gasteiger partial charge on any atom is 0.244 e. The predicted octanol–water partition coefficient (Wildman–Crippen LogP) is 0.530. The summed E-state index contributed by atoms with van der Waals surface area (Å²) >= 11 is 0. The van der Waals surface area contributed by atoms with Crippen molar-refractivity contribution in [3.63, 3.8) is 0 Å². The van der Waals surface area contributed by atoms with Crippen LogP contribution in [0.15, 0.2) is 4.90 Å². The van der Waals surface area contributed by atoms with Crippen LogP contribution in [-0.4, -0.2) is 30.9 Å². The molecule has 1 rings (SSSR count). The molecule has 0 saturated carbocycles. The molecule has 0 unspecified atom stereocenters. The van der Waals surface area contributed by atoms with Gasteiger partial charge in [0.2, 0.25) is 10.0 Å². The van der Waals surface area contributed by atoms with Crippen molar-refractivity contribution in [2.24, 2.45) is 5.92 Å². The molecule has 0 spiro atoms. The van der Waals surface area contributed by atoms with Crippen LogP contribution < -0.4 is 4.72 Å². The minimum atomic E-state index is -3.67. The fraction of sp³-hybridized carbons (Fsp3) is 0.600. The van der Waals surface area contributed by atoms with Crippen LogP contribution in [0.3, 0.4) is 0 Å². The Bertz CT molecular complexity index is 497. The zero-order valence-electron chi connectivity index (χ0n) is 10.4. The first-order chi connectivity index (χ1) is 7.75. The van der Waals surface area contributed by atoms with Gasteiger partial charge in [0.1, 0.15) is 10.7 Å². The number of nitrogens with zero attached hydrogens (tertiary/aromatic N) is 1. The van der Waals surface area contributed by atoms with Crippen LogP contribution in [0.2, 0.25) is 0 Å². The molecular weight excluding hydrogens is 242 g/mol. The molecule has 0 fully saturated rings. The number of Topliss-reactive ketones (excluding diaryl/α,β-unsaturated/α-hetero) is 1. The Morgan fingerprint density at radius 2 is 2.00 bits per heavy atom. The maximum atomic E-state index is 11.9. The molecule has 0 amide bonds. The molecule has 2 N–H and O–H groups in total. The normalized spacial score (nSPS) is 12.1. The monoisotopic (exact) mass is 259 g/mol. The Morgan fingerprint density at radius 1 is 1.41 bits per heavy atom. The first-order valence-corrected chi connectivity index (χ1v) is 6.78. The quantitative estimate of drug-likeness (QED) is 0.806. The van der Waals surface area contributed by atoms with Gasteiger partial charge >= 0.3 is 0 Å². The van der Waals surface area contributed by atoms with E-state index in [0.717, 1.165) is 0 Å². The van der Waals surface area contributed by atoms with E-state index in [4.69, 9.17) is 0 Å². The lowest BCUT2D eigenvalue weighted by Gasteiger charge is -2.07. The molecule has 1 heterocycles. The molecule has 0 aliphatic carbocycles. The highest BCUT2D eigenvalue weighted by molar-refractivity contribution is 7.89. The standard InChI is InChI=1S/C10H17N3O3S/c1-6(2)9(14)5-11-17(15,16)10-7(3)12-13-8(10)4/h6,11H,5H2,1-4H3,(H,12,13). The smallest absolute Gasteiger partial charge is 0.244 e. The van der Waals surface area contributed by atoms with Crippen molar-refractivity contribution in [1.82, 2.24) is 14.9 Å². The van der Waals surface area contributed by atoms with Gasteiger partial charge in [-0.1, -0.05) is 13.8 Å². The molecule has 1 aromatic heterocycles. The Morgan fingerprint density at radius 3 is 2.41 bits per heavy atom. The molecule has 17 heavy (non-hydrogen) atoms. The number of ketones is 1. The number of aryl methyl sites for hydroxylation is 2. The van der Waals surface area contributed by atoms with Crippen LogP contribution in [0, 0.1) is 19.8 Å². The summed E-state index contributed by atoms with van der Waals surface area (Å²) < 4.78 is 26.2. The minimum Gasteiger partial charge on any atom is -0.298 e. The summed E-state index contributed by atoms with van der Waals surface area (Å²) in [6.07, 6.45) is 0. The van der Waals surface area contributed by atoms with Gasteiger partial charge in [-0.3, -0.25) is 9.89 Å². The highest BCUT2D eigenvalue weighted by Gasteiger charge is 2.23. The molecule has 0 radical (unpaired) electrons. The molecule has 1 aromatic rings. The van der Waals surface area contributed by atoms with E-state index in [1.165, 1.54) is 0 Å². The first-order valence-electron chi connectivity index (χ1n) is 5.29. The van der Waals surface area contributed by atoms with Crippen molar-refractivity contribution in [2.45, 2.75) is 32.6 Å². The Balaban J connectivity index is 2.87. The van der Waals surface area contributed by atoms with Crippen molar-refractivity contribution in [3.8, 4) is 0 Å². The molecule has 0 saturated heterocycles. The van der Waals surface area contributed by atoms with Gasteiger partial charge < -0.3 is 0 Å². The number of carbonyl (C=O) groups is 1. The van der Waals surface area contributed by atoms with E-state index in [1.807, 2.05) is 0 Å². The van der Waals surface area contributed by atoms with Gasteiger partial charge in [0.25, 0.3) is 0 Å². The number of hydrogen-bond donors (Lipinski definition) is 2. The van der Waals surface area contributed by atoms with Crippen LogP contribution in [-0.2, 0) is 14.8 Å².